The van der Waals surface area contributed by atoms with E-state index in [0.29, 0.717) is 31.1 Å². The molecule has 184 valence electrons. The van der Waals surface area contributed by atoms with Crippen molar-refractivity contribution in [2.75, 3.05) is 50.6 Å². The third kappa shape index (κ3) is 4.47. The van der Waals surface area contributed by atoms with Gasteiger partial charge in [0.1, 0.15) is 10.4 Å². The summed E-state index contributed by atoms with van der Waals surface area (Å²) in [6, 6.07) is 8.49. The Morgan fingerprint density at radius 2 is 2.03 bits per heavy atom. The molecule has 1 amide bonds. The average molecular weight is 521 g/mol. The smallest absolute Gasteiger partial charge is 0.264 e. The van der Waals surface area contributed by atoms with Gasteiger partial charge in [-0.1, -0.05) is 12.1 Å². The highest BCUT2D eigenvalue weighted by Crippen LogP contribution is 2.32. The molecule has 1 N–H and O–H groups in total. The van der Waals surface area contributed by atoms with E-state index in [1.807, 2.05) is 24.3 Å². The molecule has 10 nitrogen and oxygen atoms in total. The lowest BCUT2D eigenvalue weighted by molar-refractivity contribution is 0.0947. The summed E-state index contributed by atoms with van der Waals surface area (Å²) in [5.41, 5.74) is 0.146. The molecule has 1 aliphatic heterocycles. The van der Waals surface area contributed by atoms with E-state index in [9.17, 15) is 18.0 Å². The number of benzene rings is 1. The van der Waals surface area contributed by atoms with E-state index in [4.69, 9.17) is 4.74 Å². The summed E-state index contributed by atoms with van der Waals surface area (Å²) in [7, 11) is -3.67. The van der Waals surface area contributed by atoms with E-state index >= 15 is 4.39 Å². The Labute approximate surface area is 203 Å². The number of thiazole rings is 1. The molecule has 0 spiro atoms. The molecule has 0 saturated carbocycles. The lowest BCUT2D eigenvalue weighted by Crippen LogP contribution is -2.37. The van der Waals surface area contributed by atoms with Crippen LogP contribution in [0.15, 0.2) is 35.1 Å². The van der Waals surface area contributed by atoms with Crippen LogP contribution in [0.5, 0.6) is 0 Å². The standard InChI is InChI=1S/C22H21FN4O6S2/c1-35(30,31)33-9-6-24-21(29)17-18(28)13-12-14(23)20(26-7-10-32-11-8-26)25-19(13)27-15-4-2-3-5-16(15)34-22(17)27/h2-5,12H,6-11H2,1H3,(H,24,29). The lowest BCUT2D eigenvalue weighted by atomic mass is 10.1. The van der Waals surface area contributed by atoms with Crippen molar-refractivity contribution in [3.05, 3.63) is 51.9 Å². The predicted octanol–water partition coefficient (Wildman–Crippen LogP) is 1.74. The second-order valence-corrected chi connectivity index (χ2v) is 10.6. The van der Waals surface area contributed by atoms with Crippen LogP contribution in [-0.4, -0.2) is 69.4 Å². The van der Waals surface area contributed by atoms with Crippen LogP contribution in [0.4, 0.5) is 10.2 Å². The van der Waals surface area contributed by atoms with E-state index in [0.717, 1.165) is 22.5 Å². The first-order chi connectivity index (χ1) is 16.7. The SMILES string of the molecule is CS(=O)(=O)OCCNC(=O)c1c(=O)c2cc(F)c(N3CCOCC3)nc2n2c1sc1ccccc12. The highest BCUT2D eigenvalue weighted by atomic mass is 32.2. The Balaban J connectivity index is 1.68. The predicted molar refractivity (Wildman–Crippen MR) is 130 cm³/mol. The molecule has 35 heavy (non-hydrogen) atoms. The summed E-state index contributed by atoms with van der Waals surface area (Å²) in [6.07, 6.45) is 0.901. The van der Waals surface area contributed by atoms with Crippen molar-refractivity contribution in [3.63, 3.8) is 0 Å². The third-order valence-electron chi connectivity index (χ3n) is 5.57. The van der Waals surface area contributed by atoms with Crippen LogP contribution in [0, 0.1) is 5.82 Å². The number of carbonyl (C=O) groups is 1. The number of nitrogens with one attached hydrogen (secondary N) is 1. The van der Waals surface area contributed by atoms with Gasteiger partial charge >= 0.3 is 0 Å². The fourth-order valence-electron chi connectivity index (χ4n) is 4.04. The van der Waals surface area contributed by atoms with Crippen LogP contribution in [0.25, 0.3) is 26.1 Å². The number of para-hydroxylation sites is 1. The number of hydrogen-bond acceptors (Lipinski definition) is 9. The summed E-state index contributed by atoms with van der Waals surface area (Å²) in [6.45, 7) is 1.40. The molecule has 4 heterocycles. The van der Waals surface area contributed by atoms with Crippen LogP contribution in [0.3, 0.4) is 0 Å². The number of ether oxygens (including phenoxy) is 1. The zero-order valence-electron chi connectivity index (χ0n) is 18.6. The molecule has 5 rings (SSSR count). The molecule has 1 aliphatic rings. The van der Waals surface area contributed by atoms with Crippen molar-refractivity contribution in [1.29, 1.82) is 0 Å². The quantitative estimate of drug-likeness (QED) is 0.302. The minimum atomic E-state index is -3.67. The molecule has 0 unspecified atom stereocenters. The van der Waals surface area contributed by atoms with Crippen LogP contribution in [0.2, 0.25) is 0 Å². The number of aromatic nitrogens is 2. The van der Waals surface area contributed by atoms with Gasteiger partial charge < -0.3 is 15.0 Å². The van der Waals surface area contributed by atoms with Gasteiger partial charge in [0.2, 0.25) is 5.43 Å². The summed E-state index contributed by atoms with van der Waals surface area (Å²) in [5.74, 6) is -1.25. The van der Waals surface area contributed by atoms with Crippen LogP contribution in [-0.2, 0) is 19.0 Å². The first-order valence-electron chi connectivity index (χ1n) is 10.8. The number of halogens is 1. The maximum atomic E-state index is 15.2. The van der Waals surface area contributed by atoms with Crippen molar-refractivity contribution < 1.29 is 26.5 Å². The summed E-state index contributed by atoms with van der Waals surface area (Å²) >= 11 is 1.24. The number of anilines is 1. The van der Waals surface area contributed by atoms with Crippen LogP contribution < -0.4 is 15.6 Å². The first kappa shape index (κ1) is 23.6. The van der Waals surface area contributed by atoms with Gasteiger partial charge in [0.05, 0.1) is 41.7 Å². The molecular formula is C22H21FN4O6S2. The number of amides is 1. The average Bonchev–Trinajstić information content (AvgIpc) is 3.21. The molecular weight excluding hydrogens is 499 g/mol. The number of hydrogen-bond donors (Lipinski definition) is 1. The zero-order valence-corrected chi connectivity index (χ0v) is 20.2. The number of nitrogens with zero attached hydrogens (tertiary/aromatic N) is 3. The second kappa shape index (κ2) is 9.15. The molecule has 1 fully saturated rings. The van der Waals surface area contributed by atoms with Crippen LogP contribution in [0.1, 0.15) is 10.4 Å². The topological polar surface area (TPSA) is 119 Å². The normalized spacial score (nSPS) is 14.7. The number of rotatable bonds is 6. The van der Waals surface area contributed by atoms with Gasteiger partial charge in [-0.3, -0.25) is 18.2 Å². The summed E-state index contributed by atoms with van der Waals surface area (Å²) in [4.78, 5) is 33.2. The van der Waals surface area contributed by atoms with Gasteiger partial charge in [0.15, 0.2) is 17.3 Å². The second-order valence-electron chi connectivity index (χ2n) is 7.96. The van der Waals surface area contributed by atoms with Crippen LogP contribution >= 0.6 is 11.3 Å². The van der Waals surface area contributed by atoms with Gasteiger partial charge in [0, 0.05) is 19.6 Å². The molecule has 0 atom stereocenters. The van der Waals surface area contributed by atoms with Crippen molar-refractivity contribution in [1.82, 2.24) is 14.7 Å². The summed E-state index contributed by atoms with van der Waals surface area (Å²) in [5, 5.41) is 2.49. The molecule has 13 heteroatoms. The Morgan fingerprint density at radius 3 is 2.77 bits per heavy atom. The Hall–Kier alpha value is -3.13. The molecule has 0 aliphatic carbocycles. The monoisotopic (exact) mass is 520 g/mol. The maximum Gasteiger partial charge on any atom is 0.264 e. The van der Waals surface area contributed by atoms with E-state index in [-0.39, 0.29) is 35.6 Å². The van der Waals surface area contributed by atoms with Gasteiger partial charge in [-0.2, -0.15) is 8.42 Å². The van der Waals surface area contributed by atoms with Crippen molar-refractivity contribution >= 4 is 59.3 Å². The molecule has 1 aromatic carbocycles. The van der Waals surface area contributed by atoms with Gasteiger partial charge in [-0.25, -0.2) is 9.37 Å². The Bertz CT molecular complexity index is 1630. The van der Waals surface area contributed by atoms with Gasteiger partial charge in [-0.15, -0.1) is 11.3 Å². The minimum absolute atomic E-state index is 0.0295. The van der Waals surface area contributed by atoms with Gasteiger partial charge in [-0.05, 0) is 18.2 Å². The maximum absolute atomic E-state index is 15.2. The zero-order chi connectivity index (χ0) is 24.7. The third-order valence-corrected chi connectivity index (χ3v) is 7.31. The minimum Gasteiger partial charge on any atom is -0.378 e. The number of morpholine rings is 1. The van der Waals surface area contributed by atoms with E-state index in [1.165, 1.54) is 11.3 Å². The van der Waals surface area contributed by atoms with E-state index in [2.05, 4.69) is 14.5 Å². The van der Waals surface area contributed by atoms with E-state index < -0.39 is 27.3 Å². The number of pyridine rings is 2. The Morgan fingerprint density at radius 1 is 1.29 bits per heavy atom. The highest BCUT2D eigenvalue weighted by Gasteiger charge is 2.25. The summed E-state index contributed by atoms with van der Waals surface area (Å²) < 4.78 is 50.0. The van der Waals surface area contributed by atoms with Gasteiger partial charge in [0.25, 0.3) is 16.0 Å². The largest absolute Gasteiger partial charge is 0.378 e. The number of carbonyl (C=O) groups excluding carboxylic acids is 1. The lowest BCUT2D eigenvalue weighted by Gasteiger charge is -2.28. The first-order valence-corrected chi connectivity index (χ1v) is 13.4. The molecule has 1 saturated heterocycles. The molecule has 4 aromatic rings. The van der Waals surface area contributed by atoms with E-state index in [1.54, 1.807) is 9.30 Å². The molecule has 0 radical (unpaired) electrons. The molecule has 3 aromatic heterocycles. The van der Waals surface area contributed by atoms with Crippen molar-refractivity contribution in [2.24, 2.45) is 0 Å². The van der Waals surface area contributed by atoms with Crippen molar-refractivity contribution in [3.8, 4) is 0 Å². The fraction of sp³-hybridized carbons (Fsp3) is 0.318. The van der Waals surface area contributed by atoms with Crippen molar-refractivity contribution in [2.45, 2.75) is 0 Å². The molecule has 0 bridgehead atoms. The number of fused-ring (bicyclic) bond motifs is 5. The Kier molecular flexibility index (Phi) is 6.17. The fourth-order valence-corrected chi connectivity index (χ4v) is 5.61. The highest BCUT2D eigenvalue weighted by molar-refractivity contribution is 7.85.